The third-order valence-corrected chi connectivity index (χ3v) is 3.31. The van der Waals surface area contributed by atoms with Crippen LogP contribution in [0.2, 0.25) is 0 Å². The van der Waals surface area contributed by atoms with Crippen LogP contribution in [0.25, 0.3) is 0 Å². The van der Waals surface area contributed by atoms with Gasteiger partial charge in [-0.3, -0.25) is 0 Å². The Morgan fingerprint density at radius 2 is 1.22 bits per heavy atom. The molecule has 0 aliphatic carbocycles. The first-order valence-corrected chi connectivity index (χ1v) is 6.58. The summed E-state index contributed by atoms with van der Waals surface area (Å²) >= 11 is 0. The molecule has 0 aromatic heterocycles. The molecule has 1 atom stereocenters. The van der Waals surface area contributed by atoms with E-state index < -0.39 is 0 Å². The first-order chi connectivity index (χ1) is 8.70. The first-order valence-electron chi connectivity index (χ1n) is 6.58. The molecular formula is C17H21N. The molecule has 0 aliphatic rings. The summed E-state index contributed by atoms with van der Waals surface area (Å²) in [6.07, 6.45) is 0. The Bertz CT molecular complexity index is 461. The number of anilines is 1. The van der Waals surface area contributed by atoms with E-state index in [9.17, 15) is 0 Å². The lowest BCUT2D eigenvalue weighted by atomic mass is 10.0. The van der Waals surface area contributed by atoms with Gasteiger partial charge >= 0.3 is 0 Å². The molecule has 0 fully saturated rings. The van der Waals surface area contributed by atoms with Crippen LogP contribution in [0.1, 0.15) is 32.4 Å². The van der Waals surface area contributed by atoms with Crippen LogP contribution in [0.4, 0.5) is 5.69 Å². The van der Waals surface area contributed by atoms with Crippen LogP contribution < -0.4 is 4.90 Å². The van der Waals surface area contributed by atoms with Crippen molar-refractivity contribution in [3.05, 3.63) is 66.2 Å². The molecule has 1 nitrogen and oxygen atoms in total. The van der Waals surface area contributed by atoms with E-state index in [0.717, 1.165) is 0 Å². The molecule has 94 valence electrons. The predicted octanol–water partition coefficient (Wildman–Crippen LogP) is 4.66. The molecule has 0 spiro atoms. The van der Waals surface area contributed by atoms with E-state index in [-0.39, 0.29) is 0 Å². The van der Waals surface area contributed by atoms with Gasteiger partial charge in [0.1, 0.15) is 0 Å². The van der Waals surface area contributed by atoms with Gasteiger partial charge in [-0.25, -0.2) is 0 Å². The SMILES string of the molecule is CC(C)N(c1ccccc1)C(C)c1ccccc1. The molecule has 0 radical (unpaired) electrons. The third-order valence-electron chi connectivity index (χ3n) is 3.31. The highest BCUT2D eigenvalue weighted by molar-refractivity contribution is 5.49. The van der Waals surface area contributed by atoms with Crippen molar-refractivity contribution in [3.8, 4) is 0 Å². The number of para-hydroxylation sites is 1. The quantitative estimate of drug-likeness (QED) is 0.750. The molecule has 1 unspecified atom stereocenters. The molecule has 0 N–H and O–H groups in total. The molecule has 18 heavy (non-hydrogen) atoms. The predicted molar refractivity (Wildman–Crippen MR) is 78.9 cm³/mol. The van der Waals surface area contributed by atoms with Crippen molar-refractivity contribution >= 4 is 5.69 Å². The van der Waals surface area contributed by atoms with Gasteiger partial charge in [0.2, 0.25) is 0 Å². The van der Waals surface area contributed by atoms with Crippen LogP contribution in [-0.2, 0) is 0 Å². The summed E-state index contributed by atoms with van der Waals surface area (Å²) in [5.74, 6) is 0. The lowest BCUT2D eigenvalue weighted by Gasteiger charge is -2.35. The zero-order valence-corrected chi connectivity index (χ0v) is 11.4. The normalized spacial score (nSPS) is 12.4. The van der Waals surface area contributed by atoms with Crippen LogP contribution in [0.15, 0.2) is 60.7 Å². The monoisotopic (exact) mass is 239 g/mol. The molecule has 2 aromatic carbocycles. The van der Waals surface area contributed by atoms with E-state index in [2.05, 4.69) is 86.3 Å². The van der Waals surface area contributed by atoms with Gasteiger partial charge in [0.15, 0.2) is 0 Å². The highest BCUT2D eigenvalue weighted by Gasteiger charge is 2.18. The standard InChI is InChI=1S/C17H21N/c1-14(2)18(17-12-8-5-9-13-17)15(3)16-10-6-4-7-11-16/h4-15H,1-3H3. The Morgan fingerprint density at radius 3 is 1.72 bits per heavy atom. The maximum absolute atomic E-state index is 2.45. The lowest BCUT2D eigenvalue weighted by molar-refractivity contribution is 0.597. The molecule has 2 aromatic rings. The van der Waals surface area contributed by atoms with E-state index >= 15 is 0 Å². The minimum Gasteiger partial charge on any atom is -0.362 e. The molecule has 1 heteroatoms. The minimum atomic E-state index is 0.383. The van der Waals surface area contributed by atoms with E-state index in [1.807, 2.05) is 0 Å². The molecule has 0 saturated heterocycles. The summed E-state index contributed by atoms with van der Waals surface area (Å²) in [5.41, 5.74) is 2.64. The van der Waals surface area contributed by atoms with Crippen molar-refractivity contribution in [1.82, 2.24) is 0 Å². The summed E-state index contributed by atoms with van der Waals surface area (Å²) < 4.78 is 0. The Morgan fingerprint density at radius 1 is 0.722 bits per heavy atom. The summed E-state index contributed by atoms with van der Waals surface area (Å²) in [7, 11) is 0. The van der Waals surface area contributed by atoms with Gasteiger partial charge in [0.25, 0.3) is 0 Å². The lowest BCUT2D eigenvalue weighted by Crippen LogP contribution is -2.33. The zero-order chi connectivity index (χ0) is 13.0. The van der Waals surface area contributed by atoms with Gasteiger partial charge in [-0.2, -0.15) is 0 Å². The Kier molecular flexibility index (Phi) is 4.03. The van der Waals surface area contributed by atoms with Crippen molar-refractivity contribution in [2.45, 2.75) is 32.9 Å². The number of rotatable bonds is 4. The summed E-state index contributed by atoms with van der Waals surface area (Å²) in [5, 5.41) is 0. The van der Waals surface area contributed by atoms with Gasteiger partial charge in [-0.1, -0.05) is 48.5 Å². The molecule has 2 rings (SSSR count). The van der Waals surface area contributed by atoms with Crippen LogP contribution in [0, 0.1) is 0 Å². The molecule has 0 aliphatic heterocycles. The second-order valence-corrected chi connectivity index (χ2v) is 4.92. The molecule has 0 saturated carbocycles. The van der Waals surface area contributed by atoms with Crippen LogP contribution in [0.5, 0.6) is 0 Å². The molecular weight excluding hydrogens is 218 g/mol. The van der Waals surface area contributed by atoms with Crippen LogP contribution in [0.3, 0.4) is 0 Å². The highest BCUT2D eigenvalue weighted by Crippen LogP contribution is 2.28. The largest absolute Gasteiger partial charge is 0.362 e. The topological polar surface area (TPSA) is 3.24 Å². The van der Waals surface area contributed by atoms with Gasteiger partial charge in [0, 0.05) is 11.7 Å². The Labute approximate surface area is 110 Å². The van der Waals surface area contributed by atoms with Crippen molar-refractivity contribution in [2.24, 2.45) is 0 Å². The minimum absolute atomic E-state index is 0.383. The van der Waals surface area contributed by atoms with E-state index in [1.54, 1.807) is 0 Å². The summed E-state index contributed by atoms with van der Waals surface area (Å²) in [6.45, 7) is 6.75. The fourth-order valence-electron chi connectivity index (χ4n) is 2.46. The number of benzene rings is 2. The Hall–Kier alpha value is -1.76. The second-order valence-electron chi connectivity index (χ2n) is 4.92. The first kappa shape index (κ1) is 12.7. The van der Waals surface area contributed by atoms with Crippen molar-refractivity contribution < 1.29 is 0 Å². The number of hydrogen-bond acceptors (Lipinski definition) is 1. The van der Waals surface area contributed by atoms with E-state index in [1.165, 1.54) is 11.3 Å². The van der Waals surface area contributed by atoms with Gasteiger partial charge in [-0.15, -0.1) is 0 Å². The zero-order valence-electron chi connectivity index (χ0n) is 11.4. The third kappa shape index (κ3) is 2.73. The van der Waals surface area contributed by atoms with Crippen molar-refractivity contribution in [3.63, 3.8) is 0 Å². The van der Waals surface area contributed by atoms with Crippen LogP contribution in [-0.4, -0.2) is 6.04 Å². The Balaban J connectivity index is 2.32. The van der Waals surface area contributed by atoms with Gasteiger partial charge in [0.05, 0.1) is 6.04 Å². The average molecular weight is 239 g/mol. The smallest absolute Gasteiger partial charge is 0.0517 e. The fourth-order valence-corrected chi connectivity index (χ4v) is 2.46. The maximum Gasteiger partial charge on any atom is 0.0517 e. The maximum atomic E-state index is 2.45. The molecule has 0 heterocycles. The fraction of sp³-hybridized carbons (Fsp3) is 0.294. The van der Waals surface area contributed by atoms with Crippen LogP contribution >= 0.6 is 0 Å². The van der Waals surface area contributed by atoms with E-state index in [0.29, 0.717) is 12.1 Å². The molecule has 0 bridgehead atoms. The van der Waals surface area contributed by atoms with Crippen molar-refractivity contribution in [1.29, 1.82) is 0 Å². The van der Waals surface area contributed by atoms with Crippen molar-refractivity contribution in [2.75, 3.05) is 4.90 Å². The summed E-state index contributed by atoms with van der Waals surface area (Å²) in [6, 6.07) is 22.2. The number of nitrogens with zero attached hydrogens (tertiary/aromatic N) is 1. The summed E-state index contributed by atoms with van der Waals surface area (Å²) in [4.78, 5) is 2.45. The van der Waals surface area contributed by atoms with Gasteiger partial charge in [-0.05, 0) is 38.5 Å². The average Bonchev–Trinajstić information content (AvgIpc) is 2.40. The van der Waals surface area contributed by atoms with E-state index in [4.69, 9.17) is 0 Å². The number of hydrogen-bond donors (Lipinski definition) is 0. The second kappa shape index (κ2) is 5.72. The highest BCUT2D eigenvalue weighted by atomic mass is 15.2. The van der Waals surface area contributed by atoms with Gasteiger partial charge < -0.3 is 4.90 Å². The molecule has 0 amide bonds.